The van der Waals surface area contributed by atoms with Crippen molar-refractivity contribution in [3.8, 4) is 56.4 Å². The van der Waals surface area contributed by atoms with Gasteiger partial charge < -0.3 is 28.4 Å². The summed E-state index contributed by atoms with van der Waals surface area (Å²) in [6.45, 7) is 0. The molecule has 0 saturated carbocycles. The Kier molecular flexibility index (Phi) is 6.72. The first-order valence-corrected chi connectivity index (χ1v) is 18.9. The van der Waals surface area contributed by atoms with Gasteiger partial charge in [-0.2, -0.15) is 0 Å². The molecular formula is C48H30B2N2O4. The van der Waals surface area contributed by atoms with Crippen molar-refractivity contribution in [3.05, 3.63) is 182 Å². The fourth-order valence-corrected chi connectivity index (χ4v) is 8.76. The highest BCUT2D eigenvalue weighted by molar-refractivity contribution is 6.74. The highest BCUT2D eigenvalue weighted by Gasteiger charge is 2.51. The van der Waals surface area contributed by atoms with E-state index in [1.165, 1.54) is 0 Å². The first-order chi connectivity index (χ1) is 27.8. The number of rotatable bonds is 6. The van der Waals surface area contributed by atoms with Crippen LogP contribution in [-0.4, -0.2) is 14.2 Å². The SMILES string of the molecule is c1ccc(N(c2ccccc2)c2ccc3c(c2)OB2Oc4cccc5c4-c4c2c-3cc2c4B(Oc3cc(N(c4ccccc4)c4ccccc4)ccc3-2)O5)cc1. The van der Waals surface area contributed by atoms with Crippen molar-refractivity contribution in [1.82, 2.24) is 0 Å². The number of nitrogens with zero attached hydrogens (tertiary/aromatic N) is 2. The average molecular weight is 720 g/mol. The topological polar surface area (TPSA) is 43.4 Å². The van der Waals surface area contributed by atoms with Crippen LogP contribution in [0.1, 0.15) is 0 Å². The molecule has 4 aliphatic heterocycles. The smallest absolute Gasteiger partial charge is 0.521 e. The lowest BCUT2D eigenvalue weighted by Crippen LogP contribution is -2.57. The zero-order valence-electron chi connectivity index (χ0n) is 30.0. The predicted octanol–water partition coefficient (Wildman–Crippen LogP) is 10.6. The largest absolute Gasteiger partial charge is 0.633 e. The van der Waals surface area contributed by atoms with E-state index in [1.807, 2.05) is 42.5 Å². The summed E-state index contributed by atoms with van der Waals surface area (Å²) in [5.41, 5.74) is 14.4. The Morgan fingerprint density at radius 3 is 1.05 bits per heavy atom. The molecule has 0 radical (unpaired) electrons. The molecule has 56 heavy (non-hydrogen) atoms. The third-order valence-corrected chi connectivity index (χ3v) is 11.1. The van der Waals surface area contributed by atoms with Crippen molar-refractivity contribution >= 4 is 59.3 Å². The lowest BCUT2D eigenvalue weighted by molar-refractivity contribution is 0.421. The molecule has 0 amide bonds. The molecule has 0 atom stereocenters. The molecule has 12 rings (SSSR count). The van der Waals surface area contributed by atoms with Crippen LogP contribution in [0.5, 0.6) is 23.0 Å². The first-order valence-electron chi connectivity index (χ1n) is 18.9. The number of hydrogen-bond acceptors (Lipinski definition) is 6. The fourth-order valence-electron chi connectivity index (χ4n) is 8.76. The van der Waals surface area contributed by atoms with Gasteiger partial charge in [-0.3, -0.25) is 0 Å². The molecule has 4 heterocycles. The summed E-state index contributed by atoms with van der Waals surface area (Å²) in [6, 6.07) is 62.9. The maximum Gasteiger partial charge on any atom is 0.633 e. The molecule has 0 bridgehead atoms. The van der Waals surface area contributed by atoms with Crippen molar-refractivity contribution < 1.29 is 18.6 Å². The van der Waals surface area contributed by atoms with E-state index in [0.717, 1.165) is 101 Å². The summed E-state index contributed by atoms with van der Waals surface area (Å²) >= 11 is 0. The van der Waals surface area contributed by atoms with E-state index in [-0.39, 0.29) is 0 Å². The third kappa shape index (κ3) is 4.66. The minimum absolute atomic E-state index is 0.648. The lowest BCUT2D eigenvalue weighted by Gasteiger charge is -2.40. The van der Waals surface area contributed by atoms with Crippen LogP contribution >= 0.6 is 0 Å². The van der Waals surface area contributed by atoms with E-state index in [9.17, 15) is 0 Å². The molecule has 6 nitrogen and oxygen atoms in total. The maximum atomic E-state index is 6.86. The van der Waals surface area contributed by atoms with E-state index in [2.05, 4.69) is 149 Å². The van der Waals surface area contributed by atoms with Gasteiger partial charge in [0, 0.05) is 68.3 Å². The molecule has 8 heteroatoms. The first kappa shape index (κ1) is 31.1. The van der Waals surface area contributed by atoms with Gasteiger partial charge in [0.05, 0.1) is 5.56 Å². The normalized spacial score (nSPS) is 13.1. The van der Waals surface area contributed by atoms with Crippen LogP contribution in [0.2, 0.25) is 0 Å². The second kappa shape index (κ2) is 12.1. The molecule has 0 fully saturated rings. The van der Waals surface area contributed by atoms with Crippen molar-refractivity contribution in [2.24, 2.45) is 0 Å². The molecule has 0 aliphatic carbocycles. The van der Waals surface area contributed by atoms with Crippen LogP contribution in [0.4, 0.5) is 34.1 Å². The number of anilines is 6. The lowest BCUT2D eigenvalue weighted by atomic mass is 9.57. The summed E-state index contributed by atoms with van der Waals surface area (Å²) in [5, 5.41) is 0. The van der Waals surface area contributed by atoms with Crippen LogP contribution in [0.3, 0.4) is 0 Å². The molecule has 262 valence electrons. The van der Waals surface area contributed by atoms with Crippen LogP contribution < -0.4 is 39.3 Å². The van der Waals surface area contributed by atoms with Crippen LogP contribution in [0, 0.1) is 0 Å². The zero-order valence-corrected chi connectivity index (χ0v) is 30.0. The number of para-hydroxylation sites is 4. The third-order valence-electron chi connectivity index (χ3n) is 11.1. The maximum absolute atomic E-state index is 6.86. The highest BCUT2D eigenvalue weighted by atomic mass is 16.6. The number of fused-ring (bicyclic) bond motifs is 4. The number of hydrogen-bond donors (Lipinski definition) is 0. The van der Waals surface area contributed by atoms with E-state index in [4.69, 9.17) is 18.6 Å². The van der Waals surface area contributed by atoms with Crippen molar-refractivity contribution in [2.75, 3.05) is 9.80 Å². The molecule has 4 aliphatic rings. The highest BCUT2D eigenvalue weighted by Crippen LogP contribution is 2.52. The van der Waals surface area contributed by atoms with Gasteiger partial charge in [-0.1, -0.05) is 78.9 Å². The van der Waals surface area contributed by atoms with Gasteiger partial charge >= 0.3 is 14.2 Å². The Balaban J connectivity index is 1.05. The van der Waals surface area contributed by atoms with Gasteiger partial charge in [-0.25, -0.2) is 0 Å². The van der Waals surface area contributed by atoms with Gasteiger partial charge in [0.25, 0.3) is 0 Å². The van der Waals surface area contributed by atoms with Gasteiger partial charge in [-0.15, -0.1) is 0 Å². The van der Waals surface area contributed by atoms with Gasteiger partial charge in [-0.05, 0) is 108 Å². The van der Waals surface area contributed by atoms with Crippen LogP contribution in [0.15, 0.2) is 182 Å². The van der Waals surface area contributed by atoms with Crippen molar-refractivity contribution in [3.63, 3.8) is 0 Å². The zero-order chi connectivity index (χ0) is 36.7. The van der Waals surface area contributed by atoms with Gasteiger partial charge in [0.15, 0.2) is 0 Å². The molecule has 0 N–H and O–H groups in total. The molecule has 0 aromatic heterocycles. The summed E-state index contributed by atoms with van der Waals surface area (Å²) < 4.78 is 27.1. The summed E-state index contributed by atoms with van der Waals surface area (Å²) in [4.78, 5) is 4.50. The minimum atomic E-state index is -0.648. The number of benzene rings is 8. The van der Waals surface area contributed by atoms with Gasteiger partial charge in [0.2, 0.25) is 0 Å². The minimum Gasteiger partial charge on any atom is -0.521 e. The monoisotopic (exact) mass is 720 g/mol. The molecule has 8 aromatic carbocycles. The van der Waals surface area contributed by atoms with Crippen LogP contribution in [-0.2, 0) is 0 Å². The molecular weight excluding hydrogens is 690 g/mol. The predicted molar refractivity (Wildman–Crippen MR) is 225 cm³/mol. The molecule has 0 saturated heterocycles. The van der Waals surface area contributed by atoms with E-state index < -0.39 is 14.2 Å². The van der Waals surface area contributed by atoms with E-state index >= 15 is 0 Å². The molecule has 0 spiro atoms. The fraction of sp³-hybridized carbons (Fsp3) is 0. The van der Waals surface area contributed by atoms with Crippen LogP contribution in [0.25, 0.3) is 33.4 Å². The Morgan fingerprint density at radius 2 is 0.661 bits per heavy atom. The Hall–Kier alpha value is -7.31. The van der Waals surface area contributed by atoms with E-state index in [1.54, 1.807) is 0 Å². The summed E-state index contributed by atoms with van der Waals surface area (Å²) in [6.07, 6.45) is 0. The second-order valence-corrected chi connectivity index (χ2v) is 14.3. The Bertz CT molecular complexity index is 2570. The average Bonchev–Trinajstić information content (AvgIpc) is 3.25. The molecule has 8 aromatic rings. The standard InChI is InChI=1S/C48H30B2N2O4/c1-5-14-31(15-6-1)51(32-16-7-2-8-17-32)35-24-26-37-39-30-40-38-27-25-36(52(33-18-9-3-10-19-33)34-20-11-4-12-21-34)29-44(38)56-50-48(40)46-45-41(22-13-23-42(45)54-50)53-49(47(39)46)55-43(37)28-35/h1-30H. The Morgan fingerprint density at radius 1 is 0.286 bits per heavy atom. The van der Waals surface area contributed by atoms with Crippen molar-refractivity contribution in [1.29, 1.82) is 0 Å². The second-order valence-electron chi connectivity index (χ2n) is 14.3. The van der Waals surface area contributed by atoms with Crippen molar-refractivity contribution in [2.45, 2.75) is 0 Å². The Labute approximate surface area is 325 Å². The summed E-state index contributed by atoms with van der Waals surface area (Å²) in [5.74, 6) is 2.98. The molecule has 0 unspecified atom stereocenters. The quantitative estimate of drug-likeness (QED) is 0.159. The van der Waals surface area contributed by atoms with Gasteiger partial charge in [0.1, 0.15) is 23.0 Å². The van der Waals surface area contributed by atoms with E-state index in [0.29, 0.717) is 0 Å². The summed E-state index contributed by atoms with van der Waals surface area (Å²) in [7, 11) is -1.30.